The minimum absolute atomic E-state index is 0.945. The molecule has 9 rings (SSSR count). The Morgan fingerprint density at radius 2 is 0.896 bits per heavy atom. The van der Waals surface area contributed by atoms with Crippen LogP contribution in [0.5, 0.6) is 0 Å². The molecule has 0 atom stereocenters. The Kier molecular flexibility index (Phi) is 6.72. The van der Waals surface area contributed by atoms with Crippen molar-refractivity contribution < 1.29 is 0 Å². The monoisotopic (exact) mass is 612 g/mol. The molecular formula is C46H32N2. The Bertz CT molecular complexity index is 2580. The third-order valence-electron chi connectivity index (χ3n) is 9.47. The largest absolute Gasteiger partial charge is 0.292 e. The second kappa shape index (κ2) is 11.5. The molecule has 48 heavy (non-hydrogen) atoms. The summed E-state index contributed by atoms with van der Waals surface area (Å²) in [5, 5.41) is 5.02. The van der Waals surface area contributed by atoms with Crippen LogP contribution in [-0.4, -0.2) is 9.55 Å². The zero-order valence-electron chi connectivity index (χ0n) is 26.6. The van der Waals surface area contributed by atoms with Gasteiger partial charge in [-0.3, -0.25) is 4.57 Å². The van der Waals surface area contributed by atoms with Gasteiger partial charge in [0.1, 0.15) is 5.82 Å². The van der Waals surface area contributed by atoms with Crippen molar-refractivity contribution in [2.75, 3.05) is 0 Å². The number of rotatable bonds is 5. The topological polar surface area (TPSA) is 17.8 Å². The van der Waals surface area contributed by atoms with Crippen LogP contribution in [-0.2, 0) is 0 Å². The van der Waals surface area contributed by atoms with Gasteiger partial charge in [0.05, 0.1) is 11.0 Å². The normalized spacial score (nSPS) is 11.4. The maximum absolute atomic E-state index is 5.29. The first-order chi connectivity index (χ1) is 23.7. The molecule has 226 valence electrons. The average Bonchev–Trinajstić information content (AvgIpc) is 3.55. The Morgan fingerprint density at radius 3 is 1.50 bits per heavy atom. The molecule has 0 N–H and O–H groups in total. The van der Waals surface area contributed by atoms with E-state index >= 15 is 0 Å². The molecular weight excluding hydrogens is 581 g/mol. The number of fused-ring (bicyclic) bond motifs is 3. The van der Waals surface area contributed by atoms with Crippen LogP contribution in [0.1, 0.15) is 5.56 Å². The van der Waals surface area contributed by atoms with Crippen molar-refractivity contribution in [3.8, 4) is 50.5 Å². The second-order valence-electron chi connectivity index (χ2n) is 12.4. The molecule has 0 aliphatic carbocycles. The predicted octanol–water partition coefficient (Wildman–Crippen LogP) is 12.3. The van der Waals surface area contributed by atoms with E-state index in [4.69, 9.17) is 4.98 Å². The Labute approximate surface area is 280 Å². The summed E-state index contributed by atoms with van der Waals surface area (Å²) < 4.78 is 2.30. The number of aryl methyl sites for hydroxylation is 1. The standard InChI is InChI=1S/C46H32N2/c1-31-28-36(30-42-45(31)48(37-22-12-5-13-23-37)46(47-42)34-20-10-4-11-21-34)35-26-27-40-41(29-35)44(33-18-8-3-9-19-33)39-25-15-14-24-38(39)43(40)32-16-6-2-7-17-32/h2-30H,1H3. The molecule has 0 unspecified atom stereocenters. The van der Waals surface area contributed by atoms with E-state index in [-0.39, 0.29) is 0 Å². The summed E-state index contributed by atoms with van der Waals surface area (Å²) in [6.07, 6.45) is 0. The molecule has 2 heteroatoms. The second-order valence-corrected chi connectivity index (χ2v) is 12.4. The zero-order valence-corrected chi connectivity index (χ0v) is 26.6. The summed E-state index contributed by atoms with van der Waals surface area (Å²) in [7, 11) is 0. The van der Waals surface area contributed by atoms with Gasteiger partial charge in [-0.2, -0.15) is 0 Å². The summed E-state index contributed by atoms with van der Waals surface area (Å²) in [5.74, 6) is 0.945. The molecule has 0 amide bonds. The highest BCUT2D eigenvalue weighted by atomic mass is 15.1. The van der Waals surface area contributed by atoms with Crippen LogP contribution in [0.15, 0.2) is 176 Å². The lowest BCUT2D eigenvalue weighted by atomic mass is 9.85. The van der Waals surface area contributed by atoms with Crippen molar-refractivity contribution in [1.29, 1.82) is 0 Å². The molecule has 0 aliphatic heterocycles. The SMILES string of the molecule is Cc1cc(-c2ccc3c(-c4ccccc4)c4ccccc4c(-c4ccccc4)c3c2)cc2nc(-c3ccccc3)n(-c3ccccc3)c12. The van der Waals surface area contributed by atoms with E-state index < -0.39 is 0 Å². The fraction of sp³-hybridized carbons (Fsp3) is 0.0217. The third-order valence-corrected chi connectivity index (χ3v) is 9.47. The first-order valence-corrected chi connectivity index (χ1v) is 16.5. The van der Waals surface area contributed by atoms with E-state index in [0.29, 0.717) is 0 Å². The van der Waals surface area contributed by atoms with E-state index in [1.165, 1.54) is 54.9 Å². The molecule has 9 aromatic rings. The first kappa shape index (κ1) is 28.0. The molecule has 8 aromatic carbocycles. The zero-order chi connectivity index (χ0) is 32.0. The van der Waals surface area contributed by atoms with Crippen LogP contribution in [0.4, 0.5) is 0 Å². The number of aromatic nitrogens is 2. The van der Waals surface area contributed by atoms with Crippen LogP contribution in [0.2, 0.25) is 0 Å². The van der Waals surface area contributed by atoms with Gasteiger partial charge in [0.2, 0.25) is 0 Å². The van der Waals surface area contributed by atoms with Crippen LogP contribution in [0, 0.1) is 6.92 Å². The molecule has 0 saturated carbocycles. The Hall–Kier alpha value is -6.25. The number of hydrogen-bond acceptors (Lipinski definition) is 1. The van der Waals surface area contributed by atoms with Gasteiger partial charge in [0.25, 0.3) is 0 Å². The van der Waals surface area contributed by atoms with E-state index in [9.17, 15) is 0 Å². The van der Waals surface area contributed by atoms with Gasteiger partial charge in [-0.25, -0.2) is 4.98 Å². The van der Waals surface area contributed by atoms with Gasteiger partial charge in [-0.05, 0) is 97.7 Å². The fourth-order valence-corrected chi connectivity index (χ4v) is 7.37. The van der Waals surface area contributed by atoms with Crippen molar-refractivity contribution in [2.24, 2.45) is 0 Å². The number of imidazole rings is 1. The summed E-state index contributed by atoms with van der Waals surface area (Å²) in [4.78, 5) is 5.29. The summed E-state index contributed by atoms with van der Waals surface area (Å²) in [6.45, 7) is 2.21. The predicted molar refractivity (Wildman–Crippen MR) is 203 cm³/mol. The van der Waals surface area contributed by atoms with Crippen LogP contribution in [0.3, 0.4) is 0 Å². The molecule has 1 heterocycles. The smallest absolute Gasteiger partial charge is 0.145 e. The molecule has 0 spiro atoms. The highest BCUT2D eigenvalue weighted by Gasteiger charge is 2.20. The lowest BCUT2D eigenvalue weighted by molar-refractivity contribution is 1.10. The number of para-hydroxylation sites is 1. The minimum atomic E-state index is 0.945. The average molecular weight is 613 g/mol. The van der Waals surface area contributed by atoms with Crippen LogP contribution in [0.25, 0.3) is 83.0 Å². The number of nitrogens with zero attached hydrogens (tertiary/aromatic N) is 2. The van der Waals surface area contributed by atoms with Gasteiger partial charge in [0.15, 0.2) is 0 Å². The van der Waals surface area contributed by atoms with Crippen molar-refractivity contribution in [3.63, 3.8) is 0 Å². The minimum Gasteiger partial charge on any atom is -0.292 e. The number of benzene rings is 8. The summed E-state index contributed by atoms with van der Waals surface area (Å²) >= 11 is 0. The van der Waals surface area contributed by atoms with Crippen molar-refractivity contribution in [1.82, 2.24) is 9.55 Å². The molecule has 0 saturated heterocycles. The van der Waals surface area contributed by atoms with E-state index in [2.05, 4.69) is 187 Å². The lowest BCUT2D eigenvalue weighted by Crippen LogP contribution is -1.98. The molecule has 0 bridgehead atoms. The van der Waals surface area contributed by atoms with Gasteiger partial charge < -0.3 is 0 Å². The highest BCUT2D eigenvalue weighted by Crippen LogP contribution is 2.45. The Morgan fingerprint density at radius 1 is 0.396 bits per heavy atom. The third kappa shape index (κ3) is 4.61. The van der Waals surface area contributed by atoms with Crippen LogP contribution < -0.4 is 0 Å². The maximum Gasteiger partial charge on any atom is 0.145 e. The molecule has 1 aromatic heterocycles. The van der Waals surface area contributed by atoms with Crippen molar-refractivity contribution in [3.05, 3.63) is 181 Å². The molecule has 0 radical (unpaired) electrons. The van der Waals surface area contributed by atoms with Gasteiger partial charge in [-0.15, -0.1) is 0 Å². The molecule has 0 fully saturated rings. The van der Waals surface area contributed by atoms with Gasteiger partial charge >= 0.3 is 0 Å². The molecule has 0 aliphatic rings. The van der Waals surface area contributed by atoms with Crippen molar-refractivity contribution >= 4 is 32.6 Å². The van der Waals surface area contributed by atoms with E-state index in [1.807, 2.05) is 0 Å². The van der Waals surface area contributed by atoms with Crippen LogP contribution >= 0.6 is 0 Å². The van der Waals surface area contributed by atoms with Gasteiger partial charge in [0, 0.05) is 11.3 Å². The molecule has 2 nitrogen and oxygen atoms in total. The Balaban J connectivity index is 1.32. The van der Waals surface area contributed by atoms with E-state index in [1.54, 1.807) is 0 Å². The first-order valence-electron chi connectivity index (χ1n) is 16.5. The maximum atomic E-state index is 5.29. The summed E-state index contributed by atoms with van der Waals surface area (Å²) in [5.41, 5.74) is 12.8. The quantitative estimate of drug-likeness (QED) is 0.177. The fourth-order valence-electron chi connectivity index (χ4n) is 7.37. The lowest BCUT2D eigenvalue weighted by Gasteiger charge is -2.19. The number of hydrogen-bond donors (Lipinski definition) is 0. The van der Waals surface area contributed by atoms with Crippen molar-refractivity contribution in [2.45, 2.75) is 6.92 Å². The van der Waals surface area contributed by atoms with E-state index in [0.717, 1.165) is 33.7 Å². The van der Waals surface area contributed by atoms with Gasteiger partial charge in [-0.1, -0.05) is 146 Å². The highest BCUT2D eigenvalue weighted by molar-refractivity contribution is 6.22. The summed E-state index contributed by atoms with van der Waals surface area (Å²) in [6, 6.07) is 63.1.